The zero-order valence-corrected chi connectivity index (χ0v) is 19.0. The molecule has 1 amide bonds. The van der Waals surface area contributed by atoms with Crippen molar-refractivity contribution in [1.82, 2.24) is 10.2 Å². The van der Waals surface area contributed by atoms with Gasteiger partial charge in [0, 0.05) is 25.2 Å². The van der Waals surface area contributed by atoms with Crippen LogP contribution in [0.3, 0.4) is 0 Å². The molecule has 0 aliphatic carbocycles. The van der Waals surface area contributed by atoms with E-state index in [1.807, 2.05) is 12.1 Å². The number of rotatable bonds is 6. The predicted molar refractivity (Wildman–Crippen MR) is 124 cm³/mol. The lowest BCUT2D eigenvalue weighted by atomic mass is 10.1. The Hall–Kier alpha value is -2.38. The van der Waals surface area contributed by atoms with Gasteiger partial charge in [-0.25, -0.2) is 8.42 Å². The summed E-state index contributed by atoms with van der Waals surface area (Å²) in [5, 5.41) is 3.05. The average Bonchev–Trinajstić information content (AvgIpc) is 3.02. The van der Waals surface area contributed by atoms with E-state index in [-0.39, 0.29) is 5.91 Å². The molecule has 2 aliphatic rings. The second-order valence-electron chi connectivity index (χ2n) is 8.57. The molecule has 0 radical (unpaired) electrons. The molecular formula is C24H31N3O3S. The van der Waals surface area contributed by atoms with Crippen LogP contribution < -0.4 is 9.62 Å². The maximum absolute atomic E-state index is 12.8. The van der Waals surface area contributed by atoms with Crippen LogP contribution in [0.1, 0.15) is 52.7 Å². The summed E-state index contributed by atoms with van der Waals surface area (Å²) < 4.78 is 25.2. The van der Waals surface area contributed by atoms with Crippen molar-refractivity contribution < 1.29 is 13.2 Å². The van der Waals surface area contributed by atoms with Crippen LogP contribution in [0.15, 0.2) is 42.5 Å². The summed E-state index contributed by atoms with van der Waals surface area (Å²) >= 11 is 0. The van der Waals surface area contributed by atoms with Gasteiger partial charge in [0.1, 0.15) is 0 Å². The minimum Gasteiger partial charge on any atom is -0.348 e. The topological polar surface area (TPSA) is 69.7 Å². The van der Waals surface area contributed by atoms with Crippen molar-refractivity contribution in [2.75, 3.05) is 30.2 Å². The van der Waals surface area contributed by atoms with E-state index in [1.165, 1.54) is 41.8 Å². The summed E-state index contributed by atoms with van der Waals surface area (Å²) in [5.41, 5.74) is 4.56. The Balaban J connectivity index is 1.42. The minimum absolute atomic E-state index is 0.134. The average molecular weight is 442 g/mol. The van der Waals surface area contributed by atoms with Crippen LogP contribution in [0.2, 0.25) is 0 Å². The van der Waals surface area contributed by atoms with E-state index in [4.69, 9.17) is 0 Å². The molecule has 2 aromatic rings. The molecule has 166 valence electrons. The first-order chi connectivity index (χ1) is 14.9. The molecule has 2 aliphatic heterocycles. The maximum atomic E-state index is 12.8. The molecule has 0 saturated carbocycles. The highest BCUT2D eigenvalue weighted by Crippen LogP contribution is 2.30. The number of hydrogen-bond acceptors (Lipinski definition) is 4. The number of carbonyl (C=O) groups is 1. The van der Waals surface area contributed by atoms with E-state index in [0.717, 1.165) is 30.8 Å². The van der Waals surface area contributed by atoms with Crippen LogP contribution in [0.5, 0.6) is 0 Å². The summed E-state index contributed by atoms with van der Waals surface area (Å²) in [4.78, 5) is 15.3. The lowest BCUT2D eigenvalue weighted by molar-refractivity contribution is 0.0950. The number of likely N-dealkylation sites (tertiary alicyclic amines) is 1. The molecule has 2 aromatic carbocycles. The molecule has 0 aromatic heterocycles. The Bertz CT molecular complexity index is 1040. The monoisotopic (exact) mass is 441 g/mol. The van der Waals surface area contributed by atoms with Gasteiger partial charge in [-0.3, -0.25) is 14.0 Å². The lowest BCUT2D eigenvalue weighted by Crippen LogP contribution is -2.27. The third-order valence-corrected chi connectivity index (χ3v) is 7.43. The third-order valence-electron chi connectivity index (χ3n) is 6.25. The first kappa shape index (κ1) is 21.8. The van der Waals surface area contributed by atoms with Gasteiger partial charge in [-0.1, -0.05) is 37.1 Å². The number of hydrogen-bond donors (Lipinski definition) is 1. The molecule has 4 rings (SSSR count). The second-order valence-corrected chi connectivity index (χ2v) is 10.5. The van der Waals surface area contributed by atoms with Crippen LogP contribution in [-0.4, -0.2) is 45.1 Å². The molecule has 0 unspecified atom stereocenters. The predicted octanol–water partition coefficient (Wildman–Crippen LogP) is 3.31. The molecule has 6 nitrogen and oxygen atoms in total. The number of nitrogens with one attached hydrogen (secondary N) is 1. The van der Waals surface area contributed by atoms with Crippen LogP contribution in [0, 0.1) is 0 Å². The van der Waals surface area contributed by atoms with Gasteiger partial charge >= 0.3 is 0 Å². The number of benzene rings is 2. The summed E-state index contributed by atoms with van der Waals surface area (Å²) in [6.07, 6.45) is 6.99. The Kier molecular flexibility index (Phi) is 6.62. The first-order valence-corrected chi connectivity index (χ1v) is 12.9. The normalized spacial score (nSPS) is 17.3. The fourth-order valence-corrected chi connectivity index (χ4v) is 5.51. The number of amides is 1. The van der Waals surface area contributed by atoms with Gasteiger partial charge in [-0.15, -0.1) is 0 Å². The van der Waals surface area contributed by atoms with Crippen molar-refractivity contribution in [1.29, 1.82) is 0 Å². The van der Waals surface area contributed by atoms with Crippen LogP contribution in [-0.2, 0) is 29.5 Å². The fourth-order valence-electron chi connectivity index (χ4n) is 4.55. The van der Waals surface area contributed by atoms with Crippen LogP contribution in [0.4, 0.5) is 5.69 Å². The lowest BCUT2D eigenvalue weighted by Gasteiger charge is -2.21. The number of carbonyl (C=O) groups excluding carboxylic acids is 1. The molecule has 1 N–H and O–H groups in total. The van der Waals surface area contributed by atoms with Crippen molar-refractivity contribution in [3.63, 3.8) is 0 Å². The highest BCUT2D eigenvalue weighted by Gasteiger charge is 2.26. The van der Waals surface area contributed by atoms with E-state index in [2.05, 4.69) is 28.4 Å². The summed E-state index contributed by atoms with van der Waals surface area (Å²) in [6.45, 7) is 4.12. The third kappa shape index (κ3) is 5.28. The molecule has 1 saturated heterocycles. The van der Waals surface area contributed by atoms with E-state index in [0.29, 0.717) is 30.8 Å². The number of fused-ring (bicyclic) bond motifs is 1. The quantitative estimate of drug-likeness (QED) is 0.747. The molecule has 0 atom stereocenters. The van der Waals surface area contributed by atoms with Gasteiger partial charge < -0.3 is 5.32 Å². The van der Waals surface area contributed by atoms with E-state index in [9.17, 15) is 13.2 Å². The molecule has 7 heteroatoms. The minimum atomic E-state index is -3.29. The van der Waals surface area contributed by atoms with Gasteiger partial charge in [0.15, 0.2) is 0 Å². The standard InChI is InChI=1S/C24H31N3O3S/c1-31(29,30)27-15-12-19-16-20(10-11-23(19)27)24(28)25-17-21-8-4-5-9-22(21)18-26-13-6-2-3-7-14-26/h4-5,8-11,16H,2-3,6-7,12-15,17-18H2,1H3,(H,25,28). The highest BCUT2D eigenvalue weighted by atomic mass is 32.2. The number of anilines is 1. The highest BCUT2D eigenvalue weighted by molar-refractivity contribution is 7.92. The number of sulfonamides is 1. The van der Waals surface area contributed by atoms with Crippen molar-refractivity contribution in [2.45, 2.75) is 45.2 Å². The summed E-state index contributed by atoms with van der Waals surface area (Å²) in [6, 6.07) is 13.6. The van der Waals surface area contributed by atoms with Crippen molar-refractivity contribution in [3.05, 3.63) is 64.7 Å². The van der Waals surface area contributed by atoms with Crippen LogP contribution in [0.25, 0.3) is 0 Å². The summed E-state index contributed by atoms with van der Waals surface area (Å²) in [5.74, 6) is -0.134. The van der Waals surface area contributed by atoms with Gasteiger partial charge in [0.05, 0.1) is 11.9 Å². The van der Waals surface area contributed by atoms with Crippen LogP contribution >= 0.6 is 0 Å². The fraction of sp³-hybridized carbons (Fsp3) is 0.458. The maximum Gasteiger partial charge on any atom is 0.251 e. The molecule has 0 bridgehead atoms. The molecule has 2 heterocycles. The molecular weight excluding hydrogens is 410 g/mol. The smallest absolute Gasteiger partial charge is 0.251 e. The van der Waals surface area contributed by atoms with E-state index < -0.39 is 10.0 Å². The van der Waals surface area contributed by atoms with Gasteiger partial charge in [-0.2, -0.15) is 0 Å². The summed E-state index contributed by atoms with van der Waals surface area (Å²) in [7, 11) is -3.29. The van der Waals surface area contributed by atoms with Crippen molar-refractivity contribution in [3.8, 4) is 0 Å². The zero-order valence-electron chi connectivity index (χ0n) is 18.1. The Morgan fingerprint density at radius 2 is 1.68 bits per heavy atom. The Labute approximate surface area is 185 Å². The zero-order chi connectivity index (χ0) is 21.8. The Morgan fingerprint density at radius 1 is 0.968 bits per heavy atom. The van der Waals surface area contributed by atoms with E-state index in [1.54, 1.807) is 12.1 Å². The molecule has 0 spiro atoms. The first-order valence-electron chi connectivity index (χ1n) is 11.1. The largest absolute Gasteiger partial charge is 0.348 e. The second kappa shape index (κ2) is 9.40. The van der Waals surface area contributed by atoms with Gasteiger partial charge in [0.25, 0.3) is 5.91 Å². The van der Waals surface area contributed by atoms with Gasteiger partial charge in [-0.05, 0) is 67.2 Å². The van der Waals surface area contributed by atoms with Crippen molar-refractivity contribution in [2.24, 2.45) is 0 Å². The molecule has 31 heavy (non-hydrogen) atoms. The SMILES string of the molecule is CS(=O)(=O)N1CCc2cc(C(=O)NCc3ccccc3CN3CCCCCC3)ccc21. The van der Waals surface area contributed by atoms with Gasteiger partial charge in [0.2, 0.25) is 10.0 Å². The van der Waals surface area contributed by atoms with Crippen molar-refractivity contribution >= 4 is 21.6 Å². The number of nitrogens with zero attached hydrogens (tertiary/aromatic N) is 2. The molecule has 1 fully saturated rings. The van der Waals surface area contributed by atoms with E-state index >= 15 is 0 Å². The Morgan fingerprint density at radius 3 is 2.39 bits per heavy atom.